The second-order valence-electron chi connectivity index (χ2n) is 4.74. The van der Waals surface area contributed by atoms with E-state index in [0.29, 0.717) is 31.9 Å². The normalized spacial score (nSPS) is 14.3. The zero-order valence-corrected chi connectivity index (χ0v) is 14.0. The van der Waals surface area contributed by atoms with Crippen molar-refractivity contribution in [3.05, 3.63) is 28.3 Å². The van der Waals surface area contributed by atoms with Crippen molar-refractivity contribution in [1.82, 2.24) is 5.32 Å². The van der Waals surface area contributed by atoms with Crippen LogP contribution in [0, 0.1) is 10.1 Å². The van der Waals surface area contributed by atoms with Crippen LogP contribution in [0.5, 0.6) is 0 Å². The summed E-state index contributed by atoms with van der Waals surface area (Å²) in [6.07, 6.45) is 0. The lowest BCUT2D eigenvalue weighted by Gasteiger charge is -2.29. The van der Waals surface area contributed by atoms with E-state index in [2.05, 4.69) is 10.1 Å². The molecule has 0 radical (unpaired) electrons. The molecule has 1 heterocycles. The zero-order chi connectivity index (χ0) is 18.2. The topological polar surface area (TPSA) is 145 Å². The van der Waals surface area contributed by atoms with Crippen LogP contribution in [0.2, 0.25) is 0 Å². The van der Waals surface area contributed by atoms with E-state index in [4.69, 9.17) is 5.14 Å². The van der Waals surface area contributed by atoms with Crippen LogP contribution in [0.1, 0.15) is 6.92 Å². The van der Waals surface area contributed by atoms with Gasteiger partial charge in [-0.2, -0.15) is 0 Å². The van der Waals surface area contributed by atoms with Gasteiger partial charge in [0.15, 0.2) is 0 Å². The Morgan fingerprint density at radius 3 is 2.46 bits per heavy atom. The minimum absolute atomic E-state index is 0.242. The standard InChI is InChI=1S/C10H14N4O4S.C3H6O2/c11-19(17,18)8-1-2-9(10(7-8)14(15)16)13-5-3-12-4-6-13;1-2-5-3-4/h1-2,7,12H,3-6H2,(H2,11,17,18);3H,2H2,1H3. The highest BCUT2D eigenvalue weighted by Crippen LogP contribution is 2.30. The number of carbonyl (C=O) groups excluding carboxylic acids is 1. The Balaban J connectivity index is 0.000000505. The van der Waals surface area contributed by atoms with Crippen LogP contribution in [-0.4, -0.2) is 52.6 Å². The number of carbonyl (C=O) groups is 1. The van der Waals surface area contributed by atoms with Crippen molar-refractivity contribution in [2.24, 2.45) is 5.14 Å². The van der Waals surface area contributed by atoms with Crippen LogP contribution < -0.4 is 15.4 Å². The second-order valence-corrected chi connectivity index (χ2v) is 6.30. The Morgan fingerprint density at radius 1 is 1.42 bits per heavy atom. The number of nitrogens with one attached hydrogen (secondary N) is 1. The largest absolute Gasteiger partial charge is 0.468 e. The van der Waals surface area contributed by atoms with E-state index < -0.39 is 14.9 Å². The van der Waals surface area contributed by atoms with Gasteiger partial charge in [-0.3, -0.25) is 14.9 Å². The Morgan fingerprint density at radius 2 is 2.04 bits per heavy atom. The van der Waals surface area contributed by atoms with Crippen LogP contribution in [-0.2, 0) is 19.6 Å². The fourth-order valence-corrected chi connectivity index (χ4v) is 2.60. The maximum absolute atomic E-state index is 11.2. The third-order valence-electron chi connectivity index (χ3n) is 3.16. The average Bonchev–Trinajstić information content (AvgIpc) is 2.55. The molecule has 134 valence electrons. The van der Waals surface area contributed by atoms with E-state index in [1.54, 1.807) is 6.92 Å². The molecule has 10 nitrogen and oxygen atoms in total. The molecule has 11 heteroatoms. The number of hydrogen-bond acceptors (Lipinski definition) is 8. The van der Waals surface area contributed by atoms with Crippen molar-refractivity contribution < 1.29 is 22.9 Å². The average molecular weight is 360 g/mol. The number of anilines is 1. The van der Waals surface area contributed by atoms with E-state index in [1.807, 2.05) is 4.90 Å². The molecular weight excluding hydrogens is 340 g/mol. The molecule has 1 aliphatic heterocycles. The van der Waals surface area contributed by atoms with Crippen molar-refractivity contribution in [1.29, 1.82) is 0 Å². The number of primary sulfonamides is 1. The number of ether oxygens (including phenoxy) is 1. The minimum Gasteiger partial charge on any atom is -0.468 e. The van der Waals surface area contributed by atoms with Gasteiger partial charge in [0.25, 0.3) is 12.2 Å². The molecule has 0 aliphatic carbocycles. The van der Waals surface area contributed by atoms with Crippen LogP contribution in [0.4, 0.5) is 11.4 Å². The number of nitro benzene ring substituents is 1. The fourth-order valence-electron chi connectivity index (χ4n) is 2.07. The van der Waals surface area contributed by atoms with Crippen LogP contribution >= 0.6 is 0 Å². The van der Waals surface area contributed by atoms with E-state index in [9.17, 15) is 23.3 Å². The van der Waals surface area contributed by atoms with Crippen LogP contribution in [0.25, 0.3) is 0 Å². The summed E-state index contributed by atoms with van der Waals surface area (Å²) < 4.78 is 26.6. The summed E-state index contributed by atoms with van der Waals surface area (Å²) in [5.74, 6) is 0. The fraction of sp³-hybridized carbons (Fsp3) is 0.462. The second kappa shape index (κ2) is 9.15. The molecule has 0 bridgehead atoms. The highest BCUT2D eigenvalue weighted by Gasteiger charge is 2.23. The minimum atomic E-state index is -3.94. The molecule has 0 aromatic heterocycles. The highest BCUT2D eigenvalue weighted by atomic mass is 32.2. The van der Waals surface area contributed by atoms with Crippen molar-refractivity contribution in [3.8, 4) is 0 Å². The van der Waals surface area contributed by atoms with Crippen LogP contribution in [0.15, 0.2) is 23.1 Å². The summed E-state index contributed by atoms with van der Waals surface area (Å²) in [4.78, 5) is 21.3. The Bertz CT molecular complexity index is 673. The molecule has 1 aliphatic rings. The van der Waals surface area contributed by atoms with Gasteiger partial charge in [-0.05, 0) is 19.1 Å². The number of piperazine rings is 1. The van der Waals surface area contributed by atoms with E-state index in [0.717, 1.165) is 19.2 Å². The first-order valence-electron chi connectivity index (χ1n) is 7.13. The molecule has 1 aromatic carbocycles. The van der Waals surface area contributed by atoms with Crippen molar-refractivity contribution in [3.63, 3.8) is 0 Å². The summed E-state index contributed by atoms with van der Waals surface area (Å²) in [5.41, 5.74) is 0.173. The predicted octanol–water partition coefficient (Wildman–Crippen LogP) is -0.169. The van der Waals surface area contributed by atoms with Gasteiger partial charge in [0, 0.05) is 32.2 Å². The molecule has 0 saturated carbocycles. The summed E-state index contributed by atoms with van der Waals surface area (Å²) in [6.45, 7) is 5.39. The lowest BCUT2D eigenvalue weighted by molar-refractivity contribution is -0.384. The van der Waals surface area contributed by atoms with Crippen LogP contribution in [0.3, 0.4) is 0 Å². The van der Waals surface area contributed by atoms with Gasteiger partial charge in [0.2, 0.25) is 10.0 Å². The van der Waals surface area contributed by atoms with Crippen molar-refractivity contribution in [2.75, 3.05) is 37.7 Å². The smallest absolute Gasteiger partial charge is 0.293 e. The molecule has 0 atom stereocenters. The van der Waals surface area contributed by atoms with Crippen molar-refractivity contribution in [2.45, 2.75) is 11.8 Å². The van der Waals surface area contributed by atoms with E-state index in [1.165, 1.54) is 12.1 Å². The quantitative estimate of drug-likeness (QED) is 0.418. The Kier molecular flexibility index (Phi) is 7.55. The third kappa shape index (κ3) is 5.76. The summed E-state index contributed by atoms with van der Waals surface area (Å²) in [5, 5.41) is 19.2. The maximum Gasteiger partial charge on any atom is 0.293 e. The molecular formula is C13H20N4O6S. The third-order valence-corrected chi connectivity index (χ3v) is 4.08. The summed E-state index contributed by atoms with van der Waals surface area (Å²) in [6, 6.07) is 3.73. The first kappa shape index (κ1) is 19.8. The number of nitro groups is 1. The number of nitrogens with zero attached hydrogens (tertiary/aromatic N) is 2. The molecule has 1 saturated heterocycles. The number of benzene rings is 1. The highest BCUT2D eigenvalue weighted by molar-refractivity contribution is 7.89. The van der Waals surface area contributed by atoms with Gasteiger partial charge >= 0.3 is 0 Å². The Hall–Kier alpha value is -2.24. The van der Waals surface area contributed by atoms with Gasteiger partial charge in [0.1, 0.15) is 5.69 Å². The number of nitrogens with two attached hydrogens (primary N) is 1. The summed E-state index contributed by atoms with van der Waals surface area (Å²) >= 11 is 0. The monoisotopic (exact) mass is 360 g/mol. The molecule has 0 amide bonds. The van der Waals surface area contributed by atoms with E-state index >= 15 is 0 Å². The molecule has 3 N–H and O–H groups in total. The molecule has 24 heavy (non-hydrogen) atoms. The van der Waals surface area contributed by atoms with Gasteiger partial charge in [0.05, 0.1) is 16.4 Å². The SMILES string of the molecule is CCOC=O.NS(=O)(=O)c1ccc(N2CCNCC2)c([N+](=O)[O-])c1. The first-order valence-corrected chi connectivity index (χ1v) is 8.68. The lowest BCUT2D eigenvalue weighted by atomic mass is 10.2. The lowest BCUT2D eigenvalue weighted by Crippen LogP contribution is -2.43. The number of rotatable bonds is 5. The maximum atomic E-state index is 11.2. The molecule has 1 fully saturated rings. The van der Waals surface area contributed by atoms with Gasteiger partial charge < -0.3 is 15.0 Å². The van der Waals surface area contributed by atoms with E-state index in [-0.39, 0.29) is 10.6 Å². The van der Waals surface area contributed by atoms with Gasteiger partial charge in [-0.15, -0.1) is 0 Å². The molecule has 0 unspecified atom stereocenters. The summed E-state index contributed by atoms with van der Waals surface area (Å²) in [7, 11) is -3.94. The predicted molar refractivity (Wildman–Crippen MR) is 87.2 cm³/mol. The molecule has 1 aromatic rings. The van der Waals surface area contributed by atoms with Gasteiger partial charge in [-0.1, -0.05) is 0 Å². The molecule has 0 spiro atoms. The first-order chi connectivity index (χ1) is 11.3. The number of hydrogen-bond donors (Lipinski definition) is 2. The van der Waals surface area contributed by atoms with Crippen molar-refractivity contribution >= 4 is 27.9 Å². The number of sulfonamides is 1. The zero-order valence-electron chi connectivity index (χ0n) is 13.2. The molecule has 2 rings (SSSR count). The van der Waals surface area contributed by atoms with Gasteiger partial charge in [-0.25, -0.2) is 13.6 Å². The Labute approximate surface area is 139 Å².